The Kier molecular flexibility index (Phi) is 3.48. The van der Waals surface area contributed by atoms with Gasteiger partial charge in [-0.15, -0.1) is 0 Å². The first-order valence-corrected chi connectivity index (χ1v) is 7.29. The Balaban J connectivity index is 1.76. The van der Waals surface area contributed by atoms with E-state index in [-0.39, 0.29) is 12.1 Å². The van der Waals surface area contributed by atoms with Crippen LogP contribution in [-0.2, 0) is 0 Å². The summed E-state index contributed by atoms with van der Waals surface area (Å²) < 4.78 is 1.89. The van der Waals surface area contributed by atoms with E-state index < -0.39 is 0 Å². The second-order valence-corrected chi connectivity index (χ2v) is 5.89. The number of hydrogen-bond acceptors (Lipinski definition) is 4. The molecule has 5 nitrogen and oxygen atoms in total. The van der Waals surface area contributed by atoms with Gasteiger partial charge in [-0.1, -0.05) is 0 Å². The van der Waals surface area contributed by atoms with Crippen LogP contribution in [0.15, 0.2) is 12.3 Å². The quantitative estimate of drug-likeness (QED) is 0.872. The lowest BCUT2D eigenvalue weighted by Crippen LogP contribution is -2.31. The number of aliphatic hydroxyl groups is 1. The third-order valence-electron chi connectivity index (χ3n) is 4.15. The number of hydrogen-bond donors (Lipinski definition) is 2. The van der Waals surface area contributed by atoms with E-state index in [1.54, 1.807) is 0 Å². The molecule has 2 aromatic rings. The molecule has 1 saturated carbocycles. The van der Waals surface area contributed by atoms with Crippen LogP contribution in [0.25, 0.3) is 5.65 Å². The zero-order valence-corrected chi connectivity index (χ0v) is 12.3. The summed E-state index contributed by atoms with van der Waals surface area (Å²) in [6.07, 6.45) is 4.01. The minimum Gasteiger partial charge on any atom is -0.392 e. The lowest BCUT2D eigenvalue weighted by Gasteiger charge is -2.19. The molecule has 2 atom stereocenters. The second kappa shape index (κ2) is 5.14. The number of aromatic nitrogens is 3. The zero-order chi connectivity index (χ0) is 14.3. The van der Waals surface area contributed by atoms with Crippen molar-refractivity contribution in [3.63, 3.8) is 0 Å². The molecule has 0 radical (unpaired) electrons. The van der Waals surface area contributed by atoms with Crippen molar-refractivity contribution in [3.8, 4) is 0 Å². The van der Waals surface area contributed by atoms with E-state index in [0.29, 0.717) is 12.5 Å². The van der Waals surface area contributed by atoms with Gasteiger partial charge in [0.15, 0.2) is 5.65 Å². The Morgan fingerprint density at radius 1 is 1.45 bits per heavy atom. The highest BCUT2D eigenvalue weighted by Gasteiger charge is 2.29. The second-order valence-electron chi connectivity index (χ2n) is 5.89. The molecule has 0 aliphatic heterocycles. The summed E-state index contributed by atoms with van der Waals surface area (Å²) in [5.41, 5.74) is 4.09. The maximum absolute atomic E-state index is 9.93. The molecule has 0 aromatic carbocycles. The van der Waals surface area contributed by atoms with Gasteiger partial charge in [0.1, 0.15) is 0 Å². The molecule has 2 N–H and O–H groups in total. The van der Waals surface area contributed by atoms with E-state index in [9.17, 15) is 5.11 Å². The van der Waals surface area contributed by atoms with Crippen molar-refractivity contribution in [2.24, 2.45) is 5.92 Å². The predicted molar refractivity (Wildman–Crippen MR) is 77.6 cm³/mol. The molecule has 2 aromatic heterocycles. The molecule has 1 aliphatic rings. The Hall–Kier alpha value is -1.46. The molecule has 2 heterocycles. The van der Waals surface area contributed by atoms with E-state index >= 15 is 0 Å². The lowest BCUT2D eigenvalue weighted by molar-refractivity contribution is 0.145. The summed E-state index contributed by atoms with van der Waals surface area (Å²) >= 11 is 0. The first kappa shape index (κ1) is 13.5. The fourth-order valence-corrected chi connectivity index (χ4v) is 2.66. The maximum atomic E-state index is 9.93. The van der Waals surface area contributed by atoms with Gasteiger partial charge in [-0.3, -0.25) is 0 Å². The minimum absolute atomic E-state index is 0.157. The number of aryl methyl sites for hydroxylation is 2. The maximum Gasteiger partial charge on any atom is 0.155 e. The van der Waals surface area contributed by atoms with Gasteiger partial charge < -0.3 is 10.4 Å². The van der Waals surface area contributed by atoms with Crippen LogP contribution in [0.3, 0.4) is 0 Å². The minimum atomic E-state index is -0.221. The van der Waals surface area contributed by atoms with Gasteiger partial charge in [-0.2, -0.15) is 5.10 Å². The molecular formula is C15H22N4O. The highest BCUT2D eigenvalue weighted by atomic mass is 16.3. The van der Waals surface area contributed by atoms with Crippen LogP contribution >= 0.6 is 0 Å². The summed E-state index contributed by atoms with van der Waals surface area (Å²) in [7, 11) is 0. The van der Waals surface area contributed by atoms with Crippen LogP contribution in [0.2, 0.25) is 0 Å². The van der Waals surface area contributed by atoms with Crippen molar-refractivity contribution in [1.29, 1.82) is 0 Å². The zero-order valence-electron chi connectivity index (χ0n) is 12.3. The Morgan fingerprint density at radius 2 is 2.20 bits per heavy atom. The molecule has 108 valence electrons. The van der Waals surface area contributed by atoms with Gasteiger partial charge in [0, 0.05) is 36.1 Å². The van der Waals surface area contributed by atoms with Crippen LogP contribution in [0.5, 0.6) is 0 Å². The summed E-state index contributed by atoms with van der Waals surface area (Å²) in [5, 5.41) is 17.8. The van der Waals surface area contributed by atoms with E-state index in [1.165, 1.54) is 0 Å². The van der Waals surface area contributed by atoms with E-state index in [1.807, 2.05) is 23.7 Å². The van der Waals surface area contributed by atoms with Crippen molar-refractivity contribution < 1.29 is 5.11 Å². The third-order valence-corrected chi connectivity index (χ3v) is 4.15. The van der Waals surface area contributed by atoms with Crippen molar-refractivity contribution in [2.45, 2.75) is 45.8 Å². The number of aliphatic hydroxyl groups excluding tert-OH is 1. The molecule has 20 heavy (non-hydrogen) atoms. The summed E-state index contributed by atoms with van der Waals surface area (Å²) in [5.74, 6) is 0.505. The molecule has 2 unspecified atom stereocenters. The van der Waals surface area contributed by atoms with Crippen molar-refractivity contribution in [1.82, 2.24) is 19.9 Å². The molecule has 1 fully saturated rings. The monoisotopic (exact) mass is 274 g/mol. The average Bonchev–Trinajstić information content (AvgIpc) is 3.19. The predicted octanol–water partition coefficient (Wildman–Crippen LogP) is 1.77. The molecule has 5 heteroatoms. The molecule has 1 aliphatic carbocycles. The van der Waals surface area contributed by atoms with Crippen LogP contribution in [0.4, 0.5) is 0 Å². The topological polar surface area (TPSA) is 62.5 Å². The Labute approximate surface area is 119 Å². The Morgan fingerprint density at radius 3 is 2.90 bits per heavy atom. The van der Waals surface area contributed by atoms with Crippen molar-refractivity contribution in [3.05, 3.63) is 29.2 Å². The van der Waals surface area contributed by atoms with Crippen LogP contribution in [-0.4, -0.2) is 32.4 Å². The highest BCUT2D eigenvalue weighted by Crippen LogP contribution is 2.32. The highest BCUT2D eigenvalue weighted by molar-refractivity contribution is 5.42. The fraction of sp³-hybridized carbons (Fsp3) is 0.600. The first-order chi connectivity index (χ1) is 9.56. The normalized spacial score (nSPS) is 18.4. The van der Waals surface area contributed by atoms with E-state index in [0.717, 1.165) is 35.4 Å². The molecular weight excluding hydrogens is 252 g/mol. The van der Waals surface area contributed by atoms with Gasteiger partial charge in [0.05, 0.1) is 11.8 Å². The molecule has 3 rings (SSSR count). The fourth-order valence-electron chi connectivity index (χ4n) is 2.66. The first-order valence-electron chi connectivity index (χ1n) is 7.29. The average molecular weight is 274 g/mol. The number of rotatable bonds is 5. The molecule has 0 amide bonds. The third kappa shape index (κ3) is 2.55. The number of nitrogens with zero attached hydrogens (tertiary/aromatic N) is 3. The SMILES string of the molecule is Cc1cc2ncc(C(C)NCC(O)C3CC3)c(C)n2n1. The van der Waals surface area contributed by atoms with Crippen molar-refractivity contribution >= 4 is 5.65 Å². The number of nitrogens with one attached hydrogen (secondary N) is 1. The van der Waals surface area contributed by atoms with E-state index in [4.69, 9.17) is 0 Å². The Bertz CT molecular complexity index is 618. The molecule has 0 spiro atoms. The van der Waals surface area contributed by atoms with Crippen LogP contribution in [0.1, 0.15) is 42.8 Å². The summed E-state index contributed by atoms with van der Waals surface area (Å²) in [6, 6.07) is 2.14. The van der Waals surface area contributed by atoms with Gasteiger partial charge in [-0.25, -0.2) is 9.50 Å². The molecule has 0 bridgehead atoms. The smallest absolute Gasteiger partial charge is 0.155 e. The van der Waals surface area contributed by atoms with E-state index in [2.05, 4.69) is 29.2 Å². The van der Waals surface area contributed by atoms with Crippen molar-refractivity contribution in [2.75, 3.05) is 6.54 Å². The summed E-state index contributed by atoms with van der Waals surface area (Å²) in [4.78, 5) is 4.46. The van der Waals surface area contributed by atoms with Crippen LogP contribution < -0.4 is 5.32 Å². The number of fused-ring (bicyclic) bond motifs is 1. The van der Waals surface area contributed by atoms with Gasteiger partial charge >= 0.3 is 0 Å². The van der Waals surface area contributed by atoms with Gasteiger partial charge in [-0.05, 0) is 39.5 Å². The van der Waals surface area contributed by atoms with Gasteiger partial charge in [0.25, 0.3) is 0 Å². The van der Waals surface area contributed by atoms with Crippen LogP contribution in [0, 0.1) is 19.8 Å². The standard InChI is InChI=1S/C15H22N4O/c1-9-6-15-17-7-13(11(3)19(15)18-9)10(2)16-8-14(20)12-4-5-12/h6-7,10,12,14,16,20H,4-5,8H2,1-3H3. The molecule has 0 saturated heterocycles. The summed E-state index contributed by atoms with van der Waals surface area (Å²) in [6.45, 7) is 6.78. The largest absolute Gasteiger partial charge is 0.392 e. The van der Waals surface area contributed by atoms with Gasteiger partial charge in [0.2, 0.25) is 0 Å². The lowest BCUT2D eigenvalue weighted by atomic mass is 10.1.